The van der Waals surface area contributed by atoms with Crippen LogP contribution >= 0.6 is 27.3 Å². The van der Waals surface area contributed by atoms with Crippen molar-refractivity contribution in [2.75, 3.05) is 18.6 Å². The van der Waals surface area contributed by atoms with Gasteiger partial charge in [-0.3, -0.25) is 14.5 Å². The summed E-state index contributed by atoms with van der Waals surface area (Å²) in [5.74, 6) is -2.89. The standard InChI is InChI=1S/C27H23BrN2O7S/c1-4-37-26(35)24-14(2)29-27(38-24)30-21(16-12-17(28)22(32)19(13-16)36-3)20(23(33)25(30)34)18(31)11-10-15-8-6-5-7-9-15/h5-13,21,32-33H,4H2,1-3H3/b11-10+. The number of amides is 1. The lowest BCUT2D eigenvalue weighted by Gasteiger charge is -2.25. The molecular weight excluding hydrogens is 576 g/mol. The number of esters is 1. The number of ether oxygens (including phenoxy) is 2. The van der Waals surface area contributed by atoms with Gasteiger partial charge in [-0.2, -0.15) is 0 Å². The second-order valence-electron chi connectivity index (χ2n) is 8.13. The van der Waals surface area contributed by atoms with Crippen LogP contribution < -0.4 is 9.64 Å². The molecule has 1 amide bonds. The first-order valence-electron chi connectivity index (χ1n) is 11.4. The summed E-state index contributed by atoms with van der Waals surface area (Å²) >= 11 is 4.19. The quantitative estimate of drug-likeness (QED) is 0.264. The molecule has 196 valence electrons. The van der Waals surface area contributed by atoms with Crippen LogP contribution in [0.1, 0.15) is 39.5 Å². The summed E-state index contributed by atoms with van der Waals surface area (Å²) in [5, 5.41) is 21.4. The second kappa shape index (κ2) is 11.2. The maximum absolute atomic E-state index is 13.4. The zero-order chi connectivity index (χ0) is 27.6. The number of rotatable bonds is 8. The number of hydrogen-bond donors (Lipinski definition) is 2. The van der Waals surface area contributed by atoms with Gasteiger partial charge in [-0.15, -0.1) is 0 Å². The van der Waals surface area contributed by atoms with Crippen LogP contribution in [0.3, 0.4) is 0 Å². The van der Waals surface area contributed by atoms with Gasteiger partial charge in [-0.05, 0) is 59.1 Å². The number of aliphatic hydroxyl groups excluding tert-OH is 1. The van der Waals surface area contributed by atoms with Crippen molar-refractivity contribution >= 4 is 56.1 Å². The van der Waals surface area contributed by atoms with E-state index >= 15 is 0 Å². The smallest absolute Gasteiger partial charge is 0.350 e. The number of thiazole rings is 1. The van der Waals surface area contributed by atoms with E-state index in [0.717, 1.165) is 21.8 Å². The predicted octanol–water partition coefficient (Wildman–Crippen LogP) is 5.29. The van der Waals surface area contributed by atoms with E-state index < -0.39 is 29.5 Å². The van der Waals surface area contributed by atoms with Gasteiger partial charge in [0.25, 0.3) is 5.91 Å². The lowest BCUT2D eigenvalue weighted by atomic mass is 9.95. The topological polar surface area (TPSA) is 126 Å². The van der Waals surface area contributed by atoms with E-state index in [9.17, 15) is 24.6 Å². The molecule has 1 atom stereocenters. The molecule has 0 bridgehead atoms. The largest absolute Gasteiger partial charge is 0.503 e. The Hall–Kier alpha value is -3.96. The highest BCUT2D eigenvalue weighted by Gasteiger charge is 2.46. The number of phenolic OH excluding ortho intramolecular Hbond substituents is 1. The third-order valence-corrected chi connectivity index (χ3v) is 7.48. The maximum Gasteiger partial charge on any atom is 0.350 e. The first kappa shape index (κ1) is 27.1. The average Bonchev–Trinajstić information content (AvgIpc) is 3.41. The Labute approximate surface area is 230 Å². The molecule has 1 aromatic heterocycles. The van der Waals surface area contributed by atoms with Crippen LogP contribution in [0.15, 0.2) is 64.3 Å². The van der Waals surface area contributed by atoms with Gasteiger partial charge < -0.3 is 19.7 Å². The number of nitrogens with zero attached hydrogens (tertiary/aromatic N) is 2. The fourth-order valence-corrected chi connectivity index (χ4v) is 5.42. The fraction of sp³-hybridized carbons (Fsp3) is 0.185. The first-order valence-corrected chi connectivity index (χ1v) is 13.0. The van der Waals surface area contributed by atoms with Crippen molar-refractivity contribution in [2.24, 2.45) is 0 Å². The number of carbonyl (C=O) groups is 3. The van der Waals surface area contributed by atoms with Crippen LogP contribution in [-0.2, 0) is 14.3 Å². The zero-order valence-electron chi connectivity index (χ0n) is 20.6. The van der Waals surface area contributed by atoms with Crippen molar-refractivity contribution in [2.45, 2.75) is 19.9 Å². The third kappa shape index (κ3) is 5.07. The number of hydrogen-bond acceptors (Lipinski definition) is 9. The van der Waals surface area contributed by atoms with Crippen molar-refractivity contribution < 1.29 is 34.1 Å². The van der Waals surface area contributed by atoms with Gasteiger partial charge >= 0.3 is 5.97 Å². The number of aromatic nitrogens is 1. The highest BCUT2D eigenvalue weighted by molar-refractivity contribution is 9.10. The van der Waals surface area contributed by atoms with E-state index in [2.05, 4.69) is 20.9 Å². The molecule has 38 heavy (non-hydrogen) atoms. The van der Waals surface area contributed by atoms with Gasteiger partial charge in [0.2, 0.25) is 0 Å². The molecule has 9 nitrogen and oxygen atoms in total. The van der Waals surface area contributed by atoms with E-state index in [1.807, 2.05) is 18.2 Å². The molecule has 3 aromatic rings. The van der Waals surface area contributed by atoms with Crippen molar-refractivity contribution in [3.8, 4) is 11.5 Å². The average molecular weight is 599 g/mol. The molecule has 0 saturated carbocycles. The van der Waals surface area contributed by atoms with Crippen LogP contribution in [-0.4, -0.2) is 46.6 Å². The summed E-state index contributed by atoms with van der Waals surface area (Å²) in [6, 6.07) is 10.9. The van der Waals surface area contributed by atoms with Gasteiger partial charge in [-0.25, -0.2) is 9.78 Å². The molecule has 4 rings (SSSR count). The number of anilines is 1. The molecule has 1 unspecified atom stereocenters. The van der Waals surface area contributed by atoms with Crippen LogP contribution in [0.25, 0.3) is 6.08 Å². The monoisotopic (exact) mass is 598 g/mol. The third-order valence-electron chi connectivity index (χ3n) is 5.74. The minimum Gasteiger partial charge on any atom is -0.503 e. The number of ketones is 1. The van der Waals surface area contributed by atoms with Crippen molar-refractivity contribution in [1.82, 2.24) is 4.98 Å². The Morgan fingerprint density at radius 3 is 2.58 bits per heavy atom. The van der Waals surface area contributed by atoms with E-state index in [-0.39, 0.29) is 38.2 Å². The molecule has 2 aromatic carbocycles. The highest BCUT2D eigenvalue weighted by Crippen LogP contribution is 2.46. The molecule has 0 aliphatic carbocycles. The SMILES string of the molecule is CCOC(=O)c1sc(N2C(=O)C(O)=C(C(=O)/C=C/c3ccccc3)C2c2cc(Br)c(O)c(OC)c2)nc1C. The minimum atomic E-state index is -1.14. The van der Waals surface area contributed by atoms with Gasteiger partial charge in [0.05, 0.1) is 35.5 Å². The van der Waals surface area contributed by atoms with Crippen molar-refractivity contribution in [3.05, 3.63) is 86.0 Å². The summed E-state index contributed by atoms with van der Waals surface area (Å²) in [4.78, 5) is 45.0. The molecule has 0 fully saturated rings. The summed E-state index contributed by atoms with van der Waals surface area (Å²) in [6.07, 6.45) is 2.85. The fourth-order valence-electron chi connectivity index (χ4n) is 3.97. The van der Waals surface area contributed by atoms with E-state index in [0.29, 0.717) is 11.3 Å². The Bertz CT molecular complexity index is 1480. The number of phenols is 1. The summed E-state index contributed by atoms with van der Waals surface area (Å²) < 4.78 is 10.6. The minimum absolute atomic E-state index is 0.0855. The Morgan fingerprint density at radius 2 is 1.92 bits per heavy atom. The van der Waals surface area contributed by atoms with Crippen molar-refractivity contribution in [1.29, 1.82) is 0 Å². The number of benzene rings is 2. The van der Waals surface area contributed by atoms with E-state index in [1.165, 1.54) is 25.3 Å². The molecule has 11 heteroatoms. The number of allylic oxidation sites excluding steroid dienone is 1. The summed E-state index contributed by atoms with van der Waals surface area (Å²) in [6.45, 7) is 3.44. The van der Waals surface area contributed by atoms with Gasteiger partial charge in [0, 0.05) is 0 Å². The van der Waals surface area contributed by atoms with Crippen LogP contribution in [0.5, 0.6) is 11.5 Å². The van der Waals surface area contributed by atoms with Gasteiger partial charge in [-0.1, -0.05) is 47.7 Å². The van der Waals surface area contributed by atoms with E-state index in [4.69, 9.17) is 9.47 Å². The molecular formula is C27H23BrN2O7S. The summed E-state index contributed by atoms with van der Waals surface area (Å²) in [5.41, 5.74) is 1.25. The lowest BCUT2D eigenvalue weighted by molar-refractivity contribution is -0.117. The Morgan fingerprint density at radius 1 is 1.21 bits per heavy atom. The maximum atomic E-state index is 13.4. The number of methoxy groups -OCH3 is 1. The number of aryl methyl sites for hydroxylation is 1. The molecule has 1 aliphatic rings. The van der Waals surface area contributed by atoms with Crippen LogP contribution in [0.4, 0.5) is 5.13 Å². The molecule has 2 N–H and O–H groups in total. The van der Waals surface area contributed by atoms with Crippen LogP contribution in [0.2, 0.25) is 0 Å². The molecule has 0 radical (unpaired) electrons. The first-order chi connectivity index (χ1) is 18.2. The number of aliphatic hydroxyl groups is 1. The predicted molar refractivity (Wildman–Crippen MR) is 146 cm³/mol. The van der Waals surface area contributed by atoms with Gasteiger partial charge in [0.15, 0.2) is 28.2 Å². The number of carbonyl (C=O) groups excluding carboxylic acids is 3. The lowest BCUT2D eigenvalue weighted by Crippen LogP contribution is -2.31. The zero-order valence-corrected chi connectivity index (χ0v) is 23.0. The number of aromatic hydroxyl groups is 1. The molecule has 1 aliphatic heterocycles. The highest BCUT2D eigenvalue weighted by atomic mass is 79.9. The Balaban J connectivity index is 1.86. The van der Waals surface area contributed by atoms with Crippen molar-refractivity contribution in [3.63, 3.8) is 0 Å². The van der Waals surface area contributed by atoms with E-state index in [1.54, 1.807) is 32.1 Å². The molecule has 0 spiro atoms. The van der Waals surface area contributed by atoms with Crippen LogP contribution in [0, 0.1) is 6.92 Å². The Kier molecular flexibility index (Phi) is 7.98. The molecule has 0 saturated heterocycles. The normalized spacial score (nSPS) is 15.4. The summed E-state index contributed by atoms with van der Waals surface area (Å²) in [7, 11) is 1.36. The number of halogens is 1. The molecule has 2 heterocycles. The van der Waals surface area contributed by atoms with Gasteiger partial charge in [0.1, 0.15) is 4.88 Å². The second-order valence-corrected chi connectivity index (χ2v) is 9.97.